The van der Waals surface area contributed by atoms with E-state index in [-0.39, 0.29) is 0 Å². The quantitative estimate of drug-likeness (QED) is 0.853. The molecule has 0 bridgehead atoms. The first kappa shape index (κ1) is 10.8. The zero-order valence-electron chi connectivity index (χ0n) is 9.38. The molecule has 1 fully saturated rings. The van der Waals surface area contributed by atoms with Crippen molar-refractivity contribution in [3.05, 3.63) is 35.3 Å². The summed E-state index contributed by atoms with van der Waals surface area (Å²) in [6.07, 6.45) is 4.31. The van der Waals surface area contributed by atoms with Crippen LogP contribution in [0.4, 0.5) is 5.69 Å². The summed E-state index contributed by atoms with van der Waals surface area (Å²) in [5.74, 6) is 0. The third-order valence-corrected chi connectivity index (χ3v) is 3.41. The number of halogens is 1. The molecule has 3 rings (SSSR count). The largest absolute Gasteiger partial charge is 0.372 e. The minimum atomic E-state index is 0.612. The van der Waals surface area contributed by atoms with E-state index in [2.05, 4.69) is 55.2 Å². The average Bonchev–Trinajstić information content (AvgIpc) is 3.00. The predicted octanol–water partition coefficient (Wildman–Crippen LogP) is 2.63. The van der Waals surface area contributed by atoms with Crippen molar-refractivity contribution in [2.24, 2.45) is 0 Å². The van der Waals surface area contributed by atoms with Crippen molar-refractivity contribution in [3.8, 4) is 5.69 Å². The molecule has 0 spiro atoms. The van der Waals surface area contributed by atoms with Crippen LogP contribution in [-0.4, -0.2) is 27.9 Å². The van der Waals surface area contributed by atoms with Crippen molar-refractivity contribution in [3.63, 3.8) is 0 Å². The van der Waals surface area contributed by atoms with Gasteiger partial charge in [-0.1, -0.05) is 0 Å². The van der Waals surface area contributed by atoms with Gasteiger partial charge in [0.15, 0.2) is 0 Å². The van der Waals surface area contributed by atoms with Crippen LogP contribution in [0, 0.1) is 0 Å². The molecule has 0 atom stereocenters. The van der Waals surface area contributed by atoms with E-state index in [9.17, 15) is 0 Å². The molecule has 0 N–H and O–H groups in total. The Balaban J connectivity index is 1.84. The topological polar surface area (TPSA) is 34.0 Å². The molecule has 1 saturated heterocycles. The normalized spacial score (nSPS) is 15.5. The van der Waals surface area contributed by atoms with Crippen LogP contribution in [0.25, 0.3) is 5.69 Å². The van der Waals surface area contributed by atoms with E-state index in [0.29, 0.717) is 4.73 Å². The van der Waals surface area contributed by atoms with Gasteiger partial charge in [-0.05, 0) is 53.0 Å². The van der Waals surface area contributed by atoms with Gasteiger partial charge in [0.25, 0.3) is 0 Å². The fourth-order valence-electron chi connectivity index (χ4n) is 2.16. The number of rotatable bonds is 2. The van der Waals surface area contributed by atoms with Gasteiger partial charge in [-0.3, -0.25) is 0 Å². The summed E-state index contributed by atoms with van der Waals surface area (Å²) in [6.45, 7) is 2.35. The van der Waals surface area contributed by atoms with E-state index in [0.717, 1.165) is 5.69 Å². The van der Waals surface area contributed by atoms with Gasteiger partial charge in [0.05, 0.1) is 5.69 Å². The molecule has 1 aliphatic rings. The molecule has 88 valence electrons. The van der Waals surface area contributed by atoms with Crippen LogP contribution in [0.3, 0.4) is 0 Å². The molecule has 0 amide bonds. The highest BCUT2D eigenvalue weighted by Crippen LogP contribution is 2.21. The molecule has 2 heterocycles. The Bertz CT molecular complexity index is 499. The lowest BCUT2D eigenvalue weighted by Crippen LogP contribution is -2.17. The monoisotopic (exact) mass is 292 g/mol. The second-order valence-corrected chi connectivity index (χ2v) is 4.88. The van der Waals surface area contributed by atoms with Crippen LogP contribution < -0.4 is 4.90 Å². The van der Waals surface area contributed by atoms with E-state index in [4.69, 9.17) is 0 Å². The minimum absolute atomic E-state index is 0.612. The molecule has 0 saturated carbocycles. The summed E-state index contributed by atoms with van der Waals surface area (Å²) in [5, 5.41) is 4.22. The van der Waals surface area contributed by atoms with Crippen LogP contribution in [-0.2, 0) is 0 Å². The number of hydrogen-bond acceptors (Lipinski definition) is 3. The molecule has 1 aliphatic heterocycles. The molecule has 0 unspecified atom stereocenters. The molecule has 0 aliphatic carbocycles. The molecule has 17 heavy (non-hydrogen) atoms. The van der Waals surface area contributed by atoms with Crippen molar-refractivity contribution in [1.82, 2.24) is 14.8 Å². The summed E-state index contributed by atoms with van der Waals surface area (Å²) in [7, 11) is 0. The Morgan fingerprint density at radius 3 is 2.24 bits per heavy atom. The average molecular weight is 293 g/mol. The zero-order chi connectivity index (χ0) is 11.7. The van der Waals surface area contributed by atoms with E-state index in [1.807, 2.05) is 0 Å². The highest BCUT2D eigenvalue weighted by molar-refractivity contribution is 9.10. The standard InChI is InChI=1S/C12H13BrN4/c13-12-14-9-17(15-12)11-5-3-10(4-6-11)16-7-1-2-8-16/h3-6,9H,1-2,7-8H2. The smallest absolute Gasteiger partial charge is 0.217 e. The fraction of sp³-hybridized carbons (Fsp3) is 0.333. The second-order valence-electron chi connectivity index (χ2n) is 4.17. The van der Waals surface area contributed by atoms with Crippen molar-refractivity contribution in [2.45, 2.75) is 12.8 Å². The summed E-state index contributed by atoms with van der Waals surface area (Å²) in [5.41, 5.74) is 2.33. The van der Waals surface area contributed by atoms with Gasteiger partial charge >= 0.3 is 0 Å². The van der Waals surface area contributed by atoms with E-state index in [1.54, 1.807) is 11.0 Å². The van der Waals surface area contributed by atoms with E-state index < -0.39 is 0 Å². The summed E-state index contributed by atoms with van der Waals surface area (Å²) >= 11 is 3.25. The first-order chi connectivity index (χ1) is 8.33. The molecule has 2 aromatic rings. The minimum Gasteiger partial charge on any atom is -0.372 e. The van der Waals surface area contributed by atoms with Crippen LogP contribution in [0.5, 0.6) is 0 Å². The molecule has 1 aromatic carbocycles. The number of anilines is 1. The molecular weight excluding hydrogens is 280 g/mol. The van der Waals surface area contributed by atoms with Gasteiger partial charge in [0.1, 0.15) is 6.33 Å². The van der Waals surface area contributed by atoms with Crippen LogP contribution in [0.1, 0.15) is 12.8 Å². The third kappa shape index (κ3) is 2.20. The molecule has 5 heteroatoms. The van der Waals surface area contributed by atoms with Crippen molar-refractivity contribution < 1.29 is 0 Å². The molecule has 4 nitrogen and oxygen atoms in total. The molecule has 1 aromatic heterocycles. The zero-order valence-corrected chi connectivity index (χ0v) is 11.0. The first-order valence-corrected chi connectivity index (χ1v) is 6.55. The van der Waals surface area contributed by atoms with Crippen LogP contribution in [0.15, 0.2) is 35.3 Å². The highest BCUT2D eigenvalue weighted by atomic mass is 79.9. The molecular formula is C12H13BrN4. The second kappa shape index (κ2) is 4.49. The Kier molecular flexibility index (Phi) is 2.84. The van der Waals surface area contributed by atoms with E-state index in [1.165, 1.54) is 31.6 Å². The molecule has 0 radical (unpaired) electrons. The maximum absolute atomic E-state index is 4.22. The number of aromatic nitrogens is 3. The van der Waals surface area contributed by atoms with Gasteiger partial charge in [-0.2, -0.15) is 0 Å². The van der Waals surface area contributed by atoms with E-state index >= 15 is 0 Å². The highest BCUT2D eigenvalue weighted by Gasteiger charge is 2.12. The maximum atomic E-state index is 4.22. The Labute approximate surface area is 108 Å². The lowest BCUT2D eigenvalue weighted by molar-refractivity contribution is 0.868. The lowest BCUT2D eigenvalue weighted by atomic mass is 10.2. The maximum Gasteiger partial charge on any atom is 0.217 e. The summed E-state index contributed by atoms with van der Waals surface area (Å²) in [6, 6.07) is 8.45. The third-order valence-electron chi connectivity index (χ3n) is 3.05. The number of benzene rings is 1. The Morgan fingerprint density at radius 1 is 1.00 bits per heavy atom. The van der Waals surface area contributed by atoms with Gasteiger partial charge in [-0.15, -0.1) is 5.10 Å². The van der Waals surface area contributed by atoms with Gasteiger partial charge < -0.3 is 4.90 Å². The van der Waals surface area contributed by atoms with Crippen LogP contribution in [0.2, 0.25) is 0 Å². The summed E-state index contributed by atoms with van der Waals surface area (Å²) in [4.78, 5) is 6.47. The number of nitrogens with zero attached hydrogens (tertiary/aromatic N) is 4. The lowest BCUT2D eigenvalue weighted by Gasteiger charge is -2.17. The van der Waals surface area contributed by atoms with Crippen molar-refractivity contribution in [1.29, 1.82) is 0 Å². The first-order valence-electron chi connectivity index (χ1n) is 5.75. The fourth-order valence-corrected chi connectivity index (χ4v) is 2.42. The van der Waals surface area contributed by atoms with Gasteiger partial charge in [0.2, 0.25) is 4.73 Å². The SMILES string of the molecule is Brc1ncn(-c2ccc(N3CCCC3)cc2)n1. The summed E-state index contributed by atoms with van der Waals surface area (Å²) < 4.78 is 2.37. The van der Waals surface area contributed by atoms with Gasteiger partial charge in [-0.25, -0.2) is 9.67 Å². The van der Waals surface area contributed by atoms with Crippen molar-refractivity contribution >= 4 is 21.6 Å². The van der Waals surface area contributed by atoms with Crippen LogP contribution >= 0.6 is 15.9 Å². The van der Waals surface area contributed by atoms with Crippen molar-refractivity contribution in [2.75, 3.05) is 18.0 Å². The predicted molar refractivity (Wildman–Crippen MR) is 70.5 cm³/mol. The number of hydrogen-bond donors (Lipinski definition) is 0. The van der Waals surface area contributed by atoms with Gasteiger partial charge in [0, 0.05) is 18.8 Å². The Hall–Kier alpha value is -1.36. The Morgan fingerprint density at radius 2 is 1.65 bits per heavy atom.